The zero-order valence-corrected chi connectivity index (χ0v) is 14.0. The van der Waals surface area contributed by atoms with Crippen LogP contribution in [0.25, 0.3) is 10.9 Å². The molecule has 1 amide bonds. The first-order valence-electron chi connectivity index (χ1n) is 7.75. The molecule has 1 heterocycles. The number of aromatic nitrogens is 1. The van der Waals surface area contributed by atoms with Gasteiger partial charge in [-0.15, -0.1) is 0 Å². The quantitative estimate of drug-likeness (QED) is 0.736. The van der Waals surface area contributed by atoms with Crippen molar-refractivity contribution in [2.45, 2.75) is 6.61 Å². The van der Waals surface area contributed by atoms with E-state index in [9.17, 15) is 9.59 Å². The summed E-state index contributed by atoms with van der Waals surface area (Å²) in [6.07, 6.45) is -0.639. The Balaban J connectivity index is 1.86. The van der Waals surface area contributed by atoms with Crippen LogP contribution in [-0.4, -0.2) is 23.7 Å². The zero-order chi connectivity index (χ0) is 17.8. The molecule has 6 nitrogen and oxygen atoms in total. The largest absolute Gasteiger partial charge is 0.465 e. The Bertz CT molecular complexity index is 916. The molecule has 0 aliphatic heterocycles. The second-order valence-electron chi connectivity index (χ2n) is 5.48. The number of para-hydroxylation sites is 1. The maximum absolute atomic E-state index is 12.2. The molecule has 3 rings (SSSR count). The second-order valence-corrected chi connectivity index (χ2v) is 5.48. The van der Waals surface area contributed by atoms with Gasteiger partial charge in [-0.3, -0.25) is 5.32 Å². The molecule has 128 valence electrons. The van der Waals surface area contributed by atoms with Crippen molar-refractivity contribution in [2.24, 2.45) is 7.05 Å². The van der Waals surface area contributed by atoms with E-state index in [1.807, 2.05) is 54.6 Å². The Morgan fingerprint density at radius 3 is 2.44 bits per heavy atom. The summed E-state index contributed by atoms with van der Waals surface area (Å²) in [7, 11) is 3.07. The normalized spacial score (nSPS) is 10.5. The van der Waals surface area contributed by atoms with Crippen LogP contribution in [0.15, 0.2) is 54.6 Å². The van der Waals surface area contributed by atoms with Crippen LogP contribution in [0.4, 0.5) is 10.6 Å². The number of amides is 1. The molecule has 3 aromatic rings. The first kappa shape index (κ1) is 16.6. The summed E-state index contributed by atoms with van der Waals surface area (Å²) in [5.74, 6) is -0.179. The van der Waals surface area contributed by atoms with E-state index in [0.717, 1.165) is 11.1 Å². The van der Waals surface area contributed by atoms with Crippen LogP contribution in [0, 0.1) is 0 Å². The van der Waals surface area contributed by atoms with Crippen LogP contribution < -0.4 is 5.32 Å². The number of aryl methyl sites for hydroxylation is 1. The number of nitrogens with one attached hydrogen (secondary N) is 1. The van der Waals surface area contributed by atoms with E-state index < -0.39 is 12.1 Å². The fourth-order valence-electron chi connectivity index (χ4n) is 2.70. The van der Waals surface area contributed by atoms with Gasteiger partial charge >= 0.3 is 12.1 Å². The molecule has 0 radical (unpaired) electrons. The summed E-state index contributed by atoms with van der Waals surface area (Å²) >= 11 is 0. The zero-order valence-electron chi connectivity index (χ0n) is 14.0. The number of carbonyl (C=O) groups excluding carboxylic acids is 2. The van der Waals surface area contributed by atoms with Crippen LogP contribution in [-0.2, 0) is 23.1 Å². The van der Waals surface area contributed by atoms with Crippen molar-refractivity contribution >= 4 is 28.8 Å². The highest BCUT2D eigenvalue weighted by Gasteiger charge is 2.23. The summed E-state index contributed by atoms with van der Waals surface area (Å²) in [5.41, 5.74) is 1.99. The van der Waals surface area contributed by atoms with E-state index in [2.05, 4.69) is 5.32 Å². The number of anilines is 1. The van der Waals surface area contributed by atoms with Crippen molar-refractivity contribution in [3.8, 4) is 0 Å². The van der Waals surface area contributed by atoms with E-state index in [4.69, 9.17) is 9.47 Å². The number of hydrogen-bond donors (Lipinski definition) is 1. The summed E-state index contributed by atoms with van der Waals surface area (Å²) in [6.45, 7) is 0.143. The Hall–Kier alpha value is -3.28. The minimum Gasteiger partial charge on any atom is -0.465 e. The lowest BCUT2D eigenvalue weighted by Crippen LogP contribution is -2.18. The van der Waals surface area contributed by atoms with Crippen LogP contribution in [0.2, 0.25) is 0 Å². The van der Waals surface area contributed by atoms with Crippen LogP contribution in [0.5, 0.6) is 0 Å². The Morgan fingerprint density at radius 2 is 1.72 bits per heavy atom. The lowest BCUT2D eigenvalue weighted by Gasteiger charge is -2.10. The fraction of sp³-hybridized carbons (Fsp3) is 0.158. The molecule has 25 heavy (non-hydrogen) atoms. The average molecular weight is 338 g/mol. The van der Waals surface area contributed by atoms with Gasteiger partial charge in [0.1, 0.15) is 18.0 Å². The van der Waals surface area contributed by atoms with Gasteiger partial charge in [-0.2, -0.15) is 0 Å². The topological polar surface area (TPSA) is 69.6 Å². The van der Waals surface area contributed by atoms with Gasteiger partial charge in [-0.05, 0) is 11.6 Å². The number of carbonyl (C=O) groups is 2. The Kier molecular flexibility index (Phi) is 4.70. The first-order valence-corrected chi connectivity index (χ1v) is 7.75. The number of esters is 1. The molecule has 0 fully saturated rings. The number of nitrogens with zero attached hydrogens (tertiary/aromatic N) is 1. The molecule has 6 heteroatoms. The van der Waals surface area contributed by atoms with Crippen molar-refractivity contribution in [1.82, 2.24) is 4.57 Å². The number of methoxy groups -OCH3 is 1. The number of hydrogen-bond acceptors (Lipinski definition) is 4. The highest BCUT2D eigenvalue weighted by atomic mass is 16.5. The molecule has 0 bridgehead atoms. The van der Waals surface area contributed by atoms with E-state index >= 15 is 0 Å². The maximum atomic E-state index is 12.2. The van der Waals surface area contributed by atoms with E-state index in [0.29, 0.717) is 16.8 Å². The number of rotatable bonds is 4. The van der Waals surface area contributed by atoms with Crippen LogP contribution in [0.1, 0.15) is 15.9 Å². The highest BCUT2D eigenvalue weighted by Crippen LogP contribution is 2.30. The van der Waals surface area contributed by atoms with Gasteiger partial charge in [-0.1, -0.05) is 48.5 Å². The summed E-state index contributed by atoms with van der Waals surface area (Å²) in [4.78, 5) is 24.4. The molecule has 0 aliphatic carbocycles. The third-order valence-electron chi connectivity index (χ3n) is 3.93. The van der Waals surface area contributed by atoms with Gasteiger partial charge in [0.2, 0.25) is 0 Å². The van der Waals surface area contributed by atoms with E-state index in [1.54, 1.807) is 11.6 Å². The van der Waals surface area contributed by atoms with Crippen molar-refractivity contribution in [3.63, 3.8) is 0 Å². The molecule has 2 aromatic carbocycles. The maximum Gasteiger partial charge on any atom is 0.413 e. The van der Waals surface area contributed by atoms with E-state index in [-0.39, 0.29) is 6.61 Å². The molecular weight excluding hydrogens is 320 g/mol. The number of benzene rings is 2. The van der Waals surface area contributed by atoms with Gasteiger partial charge < -0.3 is 14.0 Å². The van der Waals surface area contributed by atoms with Gasteiger partial charge in [-0.25, -0.2) is 9.59 Å². The monoisotopic (exact) mass is 338 g/mol. The van der Waals surface area contributed by atoms with Gasteiger partial charge in [0, 0.05) is 12.4 Å². The average Bonchev–Trinajstić information content (AvgIpc) is 2.92. The predicted molar refractivity (Wildman–Crippen MR) is 94.5 cm³/mol. The highest BCUT2D eigenvalue weighted by molar-refractivity contribution is 6.11. The second kappa shape index (κ2) is 7.09. The molecule has 0 unspecified atom stereocenters. The molecule has 0 aliphatic rings. The minimum absolute atomic E-state index is 0.143. The van der Waals surface area contributed by atoms with Crippen LogP contribution >= 0.6 is 0 Å². The van der Waals surface area contributed by atoms with Crippen molar-refractivity contribution in [2.75, 3.05) is 12.4 Å². The van der Waals surface area contributed by atoms with Crippen LogP contribution in [0.3, 0.4) is 0 Å². The summed E-state index contributed by atoms with van der Waals surface area (Å²) < 4.78 is 11.8. The SMILES string of the molecule is COC(=O)c1c(NC(=O)OCc2ccccc2)n(C)c2ccccc12. The molecule has 1 N–H and O–H groups in total. The van der Waals surface area contributed by atoms with Crippen molar-refractivity contribution in [3.05, 3.63) is 65.7 Å². The smallest absolute Gasteiger partial charge is 0.413 e. The standard InChI is InChI=1S/C19H18N2O4/c1-21-15-11-7-6-10-14(15)16(18(22)24-2)17(21)20-19(23)25-12-13-8-4-3-5-9-13/h3-11H,12H2,1-2H3,(H,20,23). The molecule has 0 spiro atoms. The third kappa shape index (κ3) is 3.33. The lowest BCUT2D eigenvalue weighted by atomic mass is 10.1. The number of fused-ring (bicyclic) bond motifs is 1. The fourth-order valence-corrected chi connectivity index (χ4v) is 2.70. The third-order valence-corrected chi connectivity index (χ3v) is 3.93. The van der Waals surface area contributed by atoms with Gasteiger partial charge in [0.25, 0.3) is 0 Å². The Labute approximate surface area is 145 Å². The molecular formula is C19H18N2O4. The number of ether oxygens (including phenoxy) is 2. The minimum atomic E-state index is -0.639. The van der Waals surface area contributed by atoms with Crippen molar-refractivity contribution in [1.29, 1.82) is 0 Å². The molecule has 0 saturated heterocycles. The van der Waals surface area contributed by atoms with Gasteiger partial charge in [0.05, 0.1) is 12.6 Å². The van der Waals surface area contributed by atoms with E-state index in [1.165, 1.54) is 7.11 Å². The summed E-state index contributed by atoms with van der Waals surface area (Å²) in [5, 5.41) is 3.36. The molecule has 0 saturated carbocycles. The first-order chi connectivity index (χ1) is 12.1. The molecule has 0 atom stereocenters. The van der Waals surface area contributed by atoms with Gasteiger partial charge in [0.15, 0.2) is 0 Å². The Morgan fingerprint density at radius 1 is 1.04 bits per heavy atom. The van der Waals surface area contributed by atoms with Crippen molar-refractivity contribution < 1.29 is 19.1 Å². The lowest BCUT2D eigenvalue weighted by molar-refractivity contribution is 0.0604. The molecule has 1 aromatic heterocycles. The predicted octanol–water partition coefficient (Wildman–Crippen LogP) is 3.71. The summed E-state index contributed by atoms with van der Waals surface area (Å²) in [6, 6.07) is 16.7.